The molecule has 0 bridgehead atoms. The summed E-state index contributed by atoms with van der Waals surface area (Å²) >= 11 is 0. The summed E-state index contributed by atoms with van der Waals surface area (Å²) in [6, 6.07) is 0. The number of carbonyl (C=O) groups is 1. The number of hydrogen-bond acceptors (Lipinski definition) is 3. The average molecular weight is 249 g/mol. The highest BCUT2D eigenvalue weighted by molar-refractivity contribution is 5.82. The molecule has 3 unspecified atom stereocenters. The van der Waals surface area contributed by atoms with E-state index in [0.717, 1.165) is 0 Å². The number of carbonyl (C=O) groups excluding carboxylic acids is 1. The van der Waals surface area contributed by atoms with E-state index in [4.69, 9.17) is 0 Å². The lowest BCUT2D eigenvalue weighted by molar-refractivity contribution is -0.152. The number of fused-ring (bicyclic) bond motifs is 1. The minimum absolute atomic E-state index is 0.0164. The Bertz CT molecular complexity index is 389. The van der Waals surface area contributed by atoms with Gasteiger partial charge in [0.15, 0.2) is 0 Å². The Morgan fingerprint density at radius 2 is 2.06 bits per heavy atom. The minimum atomic E-state index is -2.70. The Labute approximate surface area is 96.9 Å². The molecule has 0 N–H and O–H groups in total. The Morgan fingerprint density at radius 3 is 2.59 bits per heavy atom. The zero-order valence-corrected chi connectivity index (χ0v) is 9.51. The molecule has 0 aromatic rings. The second kappa shape index (κ2) is 2.96. The summed E-state index contributed by atoms with van der Waals surface area (Å²) in [5, 5.41) is 0. The number of ether oxygens (including phenoxy) is 1. The van der Waals surface area contributed by atoms with Crippen LogP contribution in [0.5, 0.6) is 0 Å². The zero-order valence-electron chi connectivity index (χ0n) is 9.51. The number of hydrogen-bond donors (Lipinski definition) is 0. The highest BCUT2D eigenvalue weighted by atomic mass is 19.3. The van der Waals surface area contributed by atoms with Gasteiger partial charge >= 0.3 is 5.97 Å². The average Bonchev–Trinajstić information content (AvgIpc) is 2.54. The standard InChI is InChI=1S/C11H14F3NO2/c1-17-8(16)10-2-7(12)3-15(10)6-9(4-10)5-11(9,13)14/h7H,2-6H2,1H3. The molecule has 2 saturated heterocycles. The van der Waals surface area contributed by atoms with Crippen LogP contribution in [0.3, 0.4) is 0 Å². The van der Waals surface area contributed by atoms with Crippen LogP contribution in [0.2, 0.25) is 0 Å². The van der Waals surface area contributed by atoms with Gasteiger partial charge in [-0.3, -0.25) is 9.69 Å². The second-order valence-corrected chi connectivity index (χ2v) is 5.54. The van der Waals surface area contributed by atoms with Gasteiger partial charge in [0, 0.05) is 25.9 Å². The largest absolute Gasteiger partial charge is 0.468 e. The smallest absolute Gasteiger partial charge is 0.326 e. The van der Waals surface area contributed by atoms with Crippen LogP contribution in [0.1, 0.15) is 19.3 Å². The van der Waals surface area contributed by atoms with Gasteiger partial charge < -0.3 is 4.74 Å². The summed E-state index contributed by atoms with van der Waals surface area (Å²) in [5.74, 6) is -3.28. The quantitative estimate of drug-likeness (QED) is 0.657. The van der Waals surface area contributed by atoms with Crippen LogP contribution in [0.4, 0.5) is 13.2 Å². The van der Waals surface area contributed by atoms with Crippen molar-refractivity contribution in [2.24, 2.45) is 5.41 Å². The lowest BCUT2D eigenvalue weighted by Gasteiger charge is -2.27. The lowest BCUT2D eigenvalue weighted by Crippen LogP contribution is -2.46. The molecular weight excluding hydrogens is 235 g/mol. The van der Waals surface area contributed by atoms with E-state index in [2.05, 4.69) is 4.74 Å². The first kappa shape index (κ1) is 11.3. The van der Waals surface area contributed by atoms with Crippen LogP contribution in [-0.2, 0) is 9.53 Å². The zero-order chi connectivity index (χ0) is 12.5. The van der Waals surface area contributed by atoms with Gasteiger partial charge in [-0.2, -0.15) is 0 Å². The van der Waals surface area contributed by atoms with Crippen LogP contribution in [-0.4, -0.2) is 48.7 Å². The topological polar surface area (TPSA) is 29.5 Å². The molecule has 3 atom stereocenters. The molecule has 3 nitrogen and oxygen atoms in total. The molecule has 1 aliphatic carbocycles. The fourth-order valence-corrected chi connectivity index (χ4v) is 3.57. The molecule has 0 radical (unpaired) electrons. The molecule has 0 aromatic heterocycles. The molecule has 2 aliphatic heterocycles. The third-order valence-corrected chi connectivity index (χ3v) is 4.48. The van der Waals surface area contributed by atoms with E-state index < -0.39 is 29.0 Å². The van der Waals surface area contributed by atoms with Crippen molar-refractivity contribution in [2.75, 3.05) is 20.2 Å². The van der Waals surface area contributed by atoms with Crippen molar-refractivity contribution in [1.82, 2.24) is 4.90 Å². The number of halogens is 3. The lowest BCUT2D eigenvalue weighted by atomic mass is 9.88. The van der Waals surface area contributed by atoms with E-state index in [1.807, 2.05) is 0 Å². The molecular formula is C11H14F3NO2. The maximum atomic E-state index is 13.4. The molecule has 3 aliphatic rings. The van der Waals surface area contributed by atoms with Gasteiger partial charge in [0.05, 0.1) is 12.5 Å². The number of esters is 1. The number of methoxy groups -OCH3 is 1. The number of alkyl halides is 3. The van der Waals surface area contributed by atoms with E-state index >= 15 is 0 Å². The molecule has 0 amide bonds. The fourth-order valence-electron chi connectivity index (χ4n) is 3.57. The molecule has 1 saturated carbocycles. The maximum absolute atomic E-state index is 13.4. The highest BCUT2D eigenvalue weighted by Crippen LogP contribution is 2.69. The van der Waals surface area contributed by atoms with Crippen LogP contribution < -0.4 is 0 Å². The van der Waals surface area contributed by atoms with Crippen LogP contribution in [0, 0.1) is 5.41 Å². The van der Waals surface area contributed by atoms with Gasteiger partial charge in [0.25, 0.3) is 5.92 Å². The fraction of sp³-hybridized carbons (Fsp3) is 0.909. The van der Waals surface area contributed by atoms with Crippen molar-refractivity contribution in [3.63, 3.8) is 0 Å². The van der Waals surface area contributed by atoms with Gasteiger partial charge in [-0.25, -0.2) is 13.2 Å². The van der Waals surface area contributed by atoms with Crippen molar-refractivity contribution < 1.29 is 22.7 Å². The molecule has 0 aromatic carbocycles. The molecule has 3 fully saturated rings. The Kier molecular flexibility index (Phi) is 1.97. The first-order valence-corrected chi connectivity index (χ1v) is 5.71. The van der Waals surface area contributed by atoms with E-state index in [-0.39, 0.29) is 32.4 Å². The van der Waals surface area contributed by atoms with Crippen molar-refractivity contribution in [1.29, 1.82) is 0 Å². The Hall–Kier alpha value is -0.780. The third-order valence-electron chi connectivity index (χ3n) is 4.48. The molecule has 96 valence electrons. The van der Waals surface area contributed by atoms with E-state index in [1.54, 1.807) is 4.90 Å². The molecule has 17 heavy (non-hydrogen) atoms. The Morgan fingerprint density at radius 1 is 1.41 bits per heavy atom. The van der Waals surface area contributed by atoms with Crippen LogP contribution >= 0.6 is 0 Å². The van der Waals surface area contributed by atoms with Crippen LogP contribution in [0.25, 0.3) is 0 Å². The number of nitrogens with zero attached hydrogens (tertiary/aromatic N) is 1. The summed E-state index contributed by atoms with van der Waals surface area (Å²) in [5.41, 5.74) is -2.25. The summed E-state index contributed by atoms with van der Waals surface area (Å²) in [4.78, 5) is 13.4. The van der Waals surface area contributed by atoms with E-state index in [9.17, 15) is 18.0 Å². The van der Waals surface area contributed by atoms with Gasteiger partial charge in [-0.15, -0.1) is 0 Å². The normalized spacial score (nSPS) is 47.2. The van der Waals surface area contributed by atoms with Gasteiger partial charge in [-0.1, -0.05) is 0 Å². The van der Waals surface area contributed by atoms with Gasteiger partial charge in [-0.05, 0) is 6.42 Å². The number of rotatable bonds is 1. The van der Waals surface area contributed by atoms with Crippen LogP contribution in [0.15, 0.2) is 0 Å². The molecule has 2 heterocycles. The summed E-state index contributed by atoms with van der Waals surface area (Å²) in [6.07, 6.45) is -1.30. The minimum Gasteiger partial charge on any atom is -0.468 e. The van der Waals surface area contributed by atoms with Gasteiger partial charge in [0.2, 0.25) is 0 Å². The predicted molar refractivity (Wildman–Crippen MR) is 52.4 cm³/mol. The van der Waals surface area contributed by atoms with Crippen molar-refractivity contribution in [2.45, 2.75) is 36.9 Å². The van der Waals surface area contributed by atoms with Crippen molar-refractivity contribution in [3.8, 4) is 0 Å². The van der Waals surface area contributed by atoms with E-state index in [0.29, 0.717) is 0 Å². The summed E-state index contributed by atoms with van der Waals surface area (Å²) in [7, 11) is 1.22. The predicted octanol–water partition coefficient (Wildman–Crippen LogP) is 1.37. The second-order valence-electron chi connectivity index (χ2n) is 5.54. The maximum Gasteiger partial charge on any atom is 0.326 e. The summed E-state index contributed by atoms with van der Waals surface area (Å²) in [6.45, 7) is 0.169. The highest BCUT2D eigenvalue weighted by Gasteiger charge is 2.79. The summed E-state index contributed by atoms with van der Waals surface area (Å²) < 4.78 is 44.8. The third kappa shape index (κ3) is 1.25. The van der Waals surface area contributed by atoms with Crippen molar-refractivity contribution >= 4 is 5.97 Å². The SMILES string of the molecule is COC(=O)C12CC(F)CN1CC1(C2)CC1(F)F. The van der Waals surface area contributed by atoms with Crippen molar-refractivity contribution in [3.05, 3.63) is 0 Å². The monoisotopic (exact) mass is 249 g/mol. The molecule has 1 spiro atoms. The Balaban J connectivity index is 1.92. The molecule has 3 rings (SSSR count). The molecule has 6 heteroatoms. The first-order chi connectivity index (χ1) is 7.85. The van der Waals surface area contributed by atoms with E-state index in [1.165, 1.54) is 7.11 Å². The van der Waals surface area contributed by atoms with Gasteiger partial charge in [0.1, 0.15) is 11.7 Å². The first-order valence-electron chi connectivity index (χ1n) is 5.71.